The Balaban J connectivity index is 3.40. The number of rotatable bonds is 20. The van der Waals surface area contributed by atoms with Crippen LogP contribution in [0.2, 0.25) is 0 Å². The normalized spacial score (nSPS) is 11.9. The summed E-state index contributed by atoms with van der Waals surface area (Å²) in [5.41, 5.74) is 5.50. The van der Waals surface area contributed by atoms with Crippen molar-refractivity contribution in [2.24, 2.45) is 5.73 Å². The molecule has 28 heavy (non-hydrogen) atoms. The molecule has 2 amide bonds. The lowest BCUT2D eigenvalue weighted by Gasteiger charge is -2.26. The number of thioether (sulfide) groups is 1. The summed E-state index contributed by atoms with van der Waals surface area (Å²) in [5, 5.41) is 0.0601. The van der Waals surface area contributed by atoms with Gasteiger partial charge < -0.3 is 10.6 Å². The topological polar surface area (TPSA) is 46.3 Å². The summed E-state index contributed by atoms with van der Waals surface area (Å²) in [6.45, 7) is 5.02. The first-order valence-electron chi connectivity index (χ1n) is 11.7. The highest BCUT2D eigenvalue weighted by Crippen LogP contribution is 2.17. The van der Waals surface area contributed by atoms with Gasteiger partial charge in [-0.25, -0.2) is 4.79 Å². The average molecular weight is 411 g/mol. The second-order valence-corrected chi connectivity index (χ2v) is 9.25. The maximum absolute atomic E-state index is 11.6. The van der Waals surface area contributed by atoms with Crippen LogP contribution in [0, 0.1) is 12.3 Å². The highest BCUT2D eigenvalue weighted by molar-refractivity contribution is 8.00. The smallest absolute Gasteiger partial charge is 0.315 e. The third-order valence-corrected chi connectivity index (χ3v) is 6.45. The minimum absolute atomic E-state index is 0.0601. The van der Waals surface area contributed by atoms with Crippen molar-refractivity contribution in [1.82, 2.24) is 4.90 Å². The standard InChI is InChI=1S/C24H46N2OS/c1-4-6-7-8-9-10-11-12-13-14-15-16-17-18-19-20-21-26(24(25)27)23(3)28-22-5-2/h2,23H,4,6-22H2,1,3H3,(H2,25,27). The Morgan fingerprint density at radius 1 is 0.857 bits per heavy atom. The predicted molar refractivity (Wildman–Crippen MR) is 127 cm³/mol. The Hall–Kier alpha value is -0.820. The molecule has 1 unspecified atom stereocenters. The van der Waals surface area contributed by atoms with Gasteiger partial charge in [0.05, 0.1) is 11.1 Å². The zero-order chi connectivity index (χ0) is 20.9. The lowest BCUT2D eigenvalue weighted by molar-refractivity contribution is 0.204. The highest BCUT2D eigenvalue weighted by atomic mass is 32.2. The molecule has 0 aromatic rings. The predicted octanol–water partition coefficient (Wildman–Crippen LogP) is 7.34. The van der Waals surface area contributed by atoms with Gasteiger partial charge in [0.1, 0.15) is 0 Å². The quantitative estimate of drug-likeness (QED) is 0.130. The van der Waals surface area contributed by atoms with Gasteiger partial charge in [0.2, 0.25) is 0 Å². The fourth-order valence-electron chi connectivity index (χ4n) is 3.56. The largest absolute Gasteiger partial charge is 0.351 e. The summed E-state index contributed by atoms with van der Waals surface area (Å²) in [5.74, 6) is 3.22. The molecule has 0 spiro atoms. The van der Waals surface area contributed by atoms with E-state index in [1.54, 1.807) is 16.7 Å². The molecule has 0 heterocycles. The van der Waals surface area contributed by atoms with Gasteiger partial charge in [-0.3, -0.25) is 0 Å². The number of terminal acetylenes is 1. The summed E-state index contributed by atoms with van der Waals surface area (Å²) >= 11 is 1.59. The Labute approximate surface area is 180 Å². The van der Waals surface area contributed by atoms with Crippen LogP contribution in [-0.2, 0) is 0 Å². The van der Waals surface area contributed by atoms with Crippen molar-refractivity contribution in [3.63, 3.8) is 0 Å². The molecule has 3 nitrogen and oxygen atoms in total. The van der Waals surface area contributed by atoms with Crippen molar-refractivity contribution in [2.75, 3.05) is 12.3 Å². The van der Waals surface area contributed by atoms with E-state index in [0.29, 0.717) is 5.75 Å². The Morgan fingerprint density at radius 2 is 1.25 bits per heavy atom. The summed E-state index contributed by atoms with van der Waals surface area (Å²) in [6.07, 6.45) is 27.0. The molecule has 0 saturated heterocycles. The molecular formula is C24H46N2OS. The van der Waals surface area contributed by atoms with Gasteiger partial charge in [-0.1, -0.05) is 109 Å². The average Bonchev–Trinajstić information content (AvgIpc) is 2.68. The van der Waals surface area contributed by atoms with Crippen LogP contribution in [0.3, 0.4) is 0 Å². The van der Waals surface area contributed by atoms with Gasteiger partial charge >= 0.3 is 6.03 Å². The van der Waals surface area contributed by atoms with Crippen LogP contribution in [0.4, 0.5) is 4.79 Å². The molecule has 0 saturated carbocycles. The van der Waals surface area contributed by atoms with Crippen molar-refractivity contribution in [2.45, 2.75) is 122 Å². The minimum atomic E-state index is -0.335. The van der Waals surface area contributed by atoms with Crippen LogP contribution < -0.4 is 5.73 Å². The van der Waals surface area contributed by atoms with E-state index in [9.17, 15) is 4.79 Å². The van der Waals surface area contributed by atoms with Crippen molar-refractivity contribution >= 4 is 17.8 Å². The molecule has 0 aliphatic rings. The number of urea groups is 1. The molecule has 0 aliphatic heterocycles. The minimum Gasteiger partial charge on any atom is -0.351 e. The molecule has 1 atom stereocenters. The molecular weight excluding hydrogens is 364 g/mol. The molecule has 0 radical (unpaired) electrons. The Kier molecular flexibility index (Phi) is 20.3. The maximum Gasteiger partial charge on any atom is 0.315 e. The monoisotopic (exact) mass is 410 g/mol. The third kappa shape index (κ3) is 17.3. The lowest BCUT2D eigenvalue weighted by atomic mass is 10.0. The number of nitrogens with two attached hydrogens (primary N) is 1. The summed E-state index contributed by atoms with van der Waals surface area (Å²) in [6, 6.07) is -0.335. The SMILES string of the molecule is C#CCSC(C)N(CCCCCCCCCCCCCCCCCC)C(N)=O. The Morgan fingerprint density at radius 3 is 1.61 bits per heavy atom. The number of hydrogen-bond donors (Lipinski definition) is 1. The van der Waals surface area contributed by atoms with E-state index in [0.717, 1.165) is 13.0 Å². The van der Waals surface area contributed by atoms with Gasteiger partial charge in [-0.2, -0.15) is 0 Å². The van der Waals surface area contributed by atoms with Gasteiger partial charge in [0.15, 0.2) is 0 Å². The van der Waals surface area contributed by atoms with Gasteiger partial charge in [-0.15, -0.1) is 18.2 Å². The van der Waals surface area contributed by atoms with E-state index in [4.69, 9.17) is 12.2 Å². The fraction of sp³-hybridized carbons (Fsp3) is 0.875. The lowest BCUT2D eigenvalue weighted by Crippen LogP contribution is -2.41. The van der Waals surface area contributed by atoms with Crippen LogP contribution in [0.1, 0.15) is 117 Å². The maximum atomic E-state index is 11.6. The molecule has 0 aromatic heterocycles. The second-order valence-electron chi connectivity index (χ2n) is 7.95. The van der Waals surface area contributed by atoms with Crippen LogP contribution in [0.25, 0.3) is 0 Å². The summed E-state index contributed by atoms with van der Waals surface area (Å²) < 4.78 is 0. The number of unbranched alkanes of at least 4 members (excludes halogenated alkanes) is 15. The summed E-state index contributed by atoms with van der Waals surface area (Å²) in [7, 11) is 0. The molecule has 164 valence electrons. The molecule has 2 N–H and O–H groups in total. The number of carbonyl (C=O) groups excluding carboxylic acids is 1. The fourth-order valence-corrected chi connectivity index (χ4v) is 4.29. The van der Waals surface area contributed by atoms with E-state index < -0.39 is 0 Å². The number of primary amides is 1. The van der Waals surface area contributed by atoms with Gasteiger partial charge in [0, 0.05) is 6.54 Å². The third-order valence-electron chi connectivity index (χ3n) is 5.38. The first kappa shape index (κ1) is 27.2. The molecule has 4 heteroatoms. The van der Waals surface area contributed by atoms with Crippen molar-refractivity contribution in [3.8, 4) is 12.3 Å². The zero-order valence-corrected chi connectivity index (χ0v) is 19.5. The van der Waals surface area contributed by atoms with Crippen molar-refractivity contribution in [1.29, 1.82) is 0 Å². The van der Waals surface area contributed by atoms with E-state index >= 15 is 0 Å². The number of amides is 2. The van der Waals surface area contributed by atoms with E-state index in [2.05, 4.69) is 12.8 Å². The molecule has 0 fully saturated rings. The van der Waals surface area contributed by atoms with Crippen LogP contribution in [-0.4, -0.2) is 28.6 Å². The van der Waals surface area contributed by atoms with E-state index in [-0.39, 0.29) is 11.4 Å². The van der Waals surface area contributed by atoms with Gasteiger partial charge in [-0.05, 0) is 13.3 Å². The molecule has 0 aromatic carbocycles. The molecule has 0 aliphatic carbocycles. The highest BCUT2D eigenvalue weighted by Gasteiger charge is 2.16. The van der Waals surface area contributed by atoms with Crippen molar-refractivity contribution < 1.29 is 4.79 Å². The first-order valence-corrected chi connectivity index (χ1v) is 12.8. The first-order chi connectivity index (χ1) is 13.6. The van der Waals surface area contributed by atoms with Crippen LogP contribution in [0.5, 0.6) is 0 Å². The van der Waals surface area contributed by atoms with Gasteiger partial charge in [0.25, 0.3) is 0 Å². The van der Waals surface area contributed by atoms with Crippen LogP contribution in [0.15, 0.2) is 0 Å². The molecule has 0 bridgehead atoms. The number of nitrogens with zero attached hydrogens (tertiary/aromatic N) is 1. The number of hydrogen-bond acceptors (Lipinski definition) is 2. The number of carbonyl (C=O) groups is 1. The Bertz CT molecular complexity index is 395. The van der Waals surface area contributed by atoms with Crippen molar-refractivity contribution in [3.05, 3.63) is 0 Å². The van der Waals surface area contributed by atoms with E-state index in [1.807, 2.05) is 6.92 Å². The summed E-state index contributed by atoms with van der Waals surface area (Å²) in [4.78, 5) is 13.3. The van der Waals surface area contributed by atoms with E-state index in [1.165, 1.54) is 96.3 Å². The van der Waals surface area contributed by atoms with Crippen LogP contribution >= 0.6 is 11.8 Å². The molecule has 0 rings (SSSR count). The zero-order valence-electron chi connectivity index (χ0n) is 18.7. The second kappa shape index (κ2) is 20.9.